The fraction of sp³-hybridized carbons (Fsp3) is 0.0526. The largest absolute Gasteiger partial charge is 0.435 e. The number of fused-ring (bicyclic) bond motifs is 1. The van der Waals surface area contributed by atoms with Gasteiger partial charge in [0.15, 0.2) is 5.13 Å². The summed E-state index contributed by atoms with van der Waals surface area (Å²) in [4.78, 5) is 20.0. The molecule has 0 saturated carbocycles. The molecule has 0 spiro atoms. The summed E-state index contributed by atoms with van der Waals surface area (Å²) >= 11 is 1.29. The molecule has 0 aliphatic carbocycles. The Morgan fingerprint density at radius 2 is 2.04 bits per heavy atom. The number of alkyl halides is 2. The second-order valence-electron chi connectivity index (χ2n) is 5.65. The highest BCUT2D eigenvalue weighted by Gasteiger charge is 2.13. The molecule has 0 radical (unpaired) electrons. The van der Waals surface area contributed by atoms with E-state index in [-0.39, 0.29) is 11.3 Å². The summed E-state index contributed by atoms with van der Waals surface area (Å²) < 4.78 is 28.9. The van der Waals surface area contributed by atoms with Gasteiger partial charge in [-0.05, 0) is 24.3 Å². The molecule has 4 aromatic rings. The number of nitrogens with zero attached hydrogens (tertiary/aromatic N) is 1. The van der Waals surface area contributed by atoms with E-state index in [1.54, 1.807) is 0 Å². The number of halogens is 2. The minimum atomic E-state index is -2.94. The summed E-state index contributed by atoms with van der Waals surface area (Å²) in [6, 6.07) is 13.5. The van der Waals surface area contributed by atoms with Gasteiger partial charge in [-0.15, -0.1) is 11.3 Å². The lowest BCUT2D eigenvalue weighted by Gasteiger charge is -2.06. The number of hydrogen-bond acceptors (Lipinski definition) is 4. The molecular formula is C19H13F2N3O2S. The predicted molar refractivity (Wildman–Crippen MR) is 100 cm³/mol. The van der Waals surface area contributed by atoms with Crippen LogP contribution in [0, 0.1) is 0 Å². The number of para-hydroxylation sites is 1. The Bertz CT molecular complexity index is 1110. The number of ether oxygens (including phenoxy) is 1. The molecule has 8 heteroatoms. The van der Waals surface area contributed by atoms with Crippen molar-refractivity contribution in [2.24, 2.45) is 0 Å². The lowest BCUT2D eigenvalue weighted by atomic mass is 10.1. The van der Waals surface area contributed by atoms with Crippen LogP contribution in [0.2, 0.25) is 0 Å². The van der Waals surface area contributed by atoms with Crippen LogP contribution in [0.4, 0.5) is 13.9 Å². The van der Waals surface area contributed by atoms with Crippen molar-refractivity contribution in [1.29, 1.82) is 0 Å². The first kappa shape index (κ1) is 17.2. The van der Waals surface area contributed by atoms with Gasteiger partial charge in [0.2, 0.25) is 0 Å². The molecule has 0 unspecified atom stereocenters. The Kier molecular flexibility index (Phi) is 4.55. The second-order valence-corrected chi connectivity index (χ2v) is 6.50. The highest BCUT2D eigenvalue weighted by Crippen LogP contribution is 2.31. The molecule has 27 heavy (non-hydrogen) atoms. The van der Waals surface area contributed by atoms with Gasteiger partial charge in [0, 0.05) is 33.6 Å². The zero-order valence-corrected chi connectivity index (χ0v) is 14.6. The predicted octanol–water partition coefficient (Wildman–Crippen LogP) is 5.15. The van der Waals surface area contributed by atoms with Crippen molar-refractivity contribution in [3.05, 3.63) is 65.7 Å². The van der Waals surface area contributed by atoms with E-state index in [1.807, 2.05) is 35.8 Å². The van der Waals surface area contributed by atoms with Crippen molar-refractivity contribution in [1.82, 2.24) is 9.97 Å². The maximum Gasteiger partial charge on any atom is 0.387 e. The molecule has 0 fully saturated rings. The van der Waals surface area contributed by atoms with Gasteiger partial charge in [0.25, 0.3) is 5.91 Å². The SMILES string of the molecule is O=C(Nc1nc(-c2c[nH]c3ccccc23)cs1)c1cccc(OC(F)F)c1. The molecule has 1 amide bonds. The number of aromatic amines is 1. The molecule has 2 N–H and O–H groups in total. The van der Waals surface area contributed by atoms with Crippen molar-refractivity contribution in [3.8, 4) is 17.0 Å². The minimum absolute atomic E-state index is 0.0729. The molecule has 2 aromatic carbocycles. The third-order valence-electron chi connectivity index (χ3n) is 3.91. The Morgan fingerprint density at radius 1 is 1.19 bits per heavy atom. The highest BCUT2D eigenvalue weighted by molar-refractivity contribution is 7.14. The minimum Gasteiger partial charge on any atom is -0.435 e. The number of hydrogen-bond donors (Lipinski definition) is 2. The van der Waals surface area contributed by atoms with E-state index in [0.29, 0.717) is 5.13 Å². The van der Waals surface area contributed by atoms with Crippen LogP contribution in [0.25, 0.3) is 22.2 Å². The van der Waals surface area contributed by atoms with Crippen LogP contribution < -0.4 is 10.1 Å². The molecule has 4 rings (SSSR count). The molecule has 2 aromatic heterocycles. The van der Waals surface area contributed by atoms with E-state index in [4.69, 9.17) is 0 Å². The van der Waals surface area contributed by atoms with Crippen LogP contribution in [0.15, 0.2) is 60.1 Å². The molecule has 2 heterocycles. The quantitative estimate of drug-likeness (QED) is 0.500. The monoisotopic (exact) mass is 385 g/mol. The van der Waals surface area contributed by atoms with Crippen LogP contribution in [0.3, 0.4) is 0 Å². The maximum atomic E-state index is 12.4. The number of carbonyl (C=O) groups is 1. The Morgan fingerprint density at radius 3 is 2.89 bits per heavy atom. The highest BCUT2D eigenvalue weighted by atomic mass is 32.1. The van der Waals surface area contributed by atoms with E-state index in [1.165, 1.54) is 35.6 Å². The Hall–Kier alpha value is -3.26. The topological polar surface area (TPSA) is 67.0 Å². The van der Waals surface area contributed by atoms with Crippen LogP contribution in [-0.2, 0) is 0 Å². The fourth-order valence-electron chi connectivity index (χ4n) is 2.72. The molecule has 5 nitrogen and oxygen atoms in total. The van der Waals surface area contributed by atoms with Crippen LogP contribution in [0.1, 0.15) is 10.4 Å². The van der Waals surface area contributed by atoms with Crippen molar-refractivity contribution in [3.63, 3.8) is 0 Å². The number of nitrogens with one attached hydrogen (secondary N) is 2. The van der Waals surface area contributed by atoms with Crippen LogP contribution >= 0.6 is 11.3 Å². The average molecular weight is 385 g/mol. The smallest absolute Gasteiger partial charge is 0.387 e. The number of amides is 1. The first-order valence-corrected chi connectivity index (χ1v) is 8.86. The summed E-state index contributed by atoms with van der Waals surface area (Å²) in [5.74, 6) is -0.522. The number of rotatable bonds is 5. The van der Waals surface area contributed by atoms with Crippen molar-refractivity contribution in [2.45, 2.75) is 6.61 Å². The van der Waals surface area contributed by atoms with Gasteiger partial charge < -0.3 is 9.72 Å². The third-order valence-corrected chi connectivity index (χ3v) is 4.67. The number of thiazole rings is 1. The van der Waals surface area contributed by atoms with Crippen LogP contribution in [-0.4, -0.2) is 22.5 Å². The summed E-state index contributed by atoms with van der Waals surface area (Å²) in [6.07, 6.45) is 1.87. The number of anilines is 1. The third kappa shape index (κ3) is 3.65. The summed E-state index contributed by atoms with van der Waals surface area (Å²) in [6.45, 7) is -2.94. The number of carbonyl (C=O) groups excluding carboxylic acids is 1. The van der Waals surface area contributed by atoms with E-state index < -0.39 is 12.5 Å². The first-order chi connectivity index (χ1) is 13.1. The number of benzene rings is 2. The second kappa shape index (κ2) is 7.16. The Labute approximate surface area is 156 Å². The van der Waals surface area contributed by atoms with Crippen molar-refractivity contribution >= 4 is 33.3 Å². The molecule has 136 valence electrons. The van der Waals surface area contributed by atoms with E-state index >= 15 is 0 Å². The van der Waals surface area contributed by atoms with E-state index in [2.05, 4.69) is 20.0 Å². The molecular weight excluding hydrogens is 372 g/mol. The molecule has 0 saturated heterocycles. The van der Waals surface area contributed by atoms with E-state index in [9.17, 15) is 13.6 Å². The van der Waals surface area contributed by atoms with Gasteiger partial charge in [0.05, 0.1) is 5.69 Å². The van der Waals surface area contributed by atoms with Gasteiger partial charge in [-0.2, -0.15) is 8.78 Å². The summed E-state index contributed by atoms with van der Waals surface area (Å²) in [5, 5.41) is 5.99. The Balaban J connectivity index is 1.53. The normalized spacial score (nSPS) is 11.1. The van der Waals surface area contributed by atoms with Crippen molar-refractivity contribution in [2.75, 3.05) is 5.32 Å². The summed E-state index contributed by atoms with van der Waals surface area (Å²) in [7, 11) is 0. The van der Waals surface area contributed by atoms with Crippen LogP contribution in [0.5, 0.6) is 5.75 Å². The van der Waals surface area contributed by atoms with Gasteiger partial charge in [-0.25, -0.2) is 4.98 Å². The molecule has 0 atom stereocenters. The number of aromatic nitrogens is 2. The van der Waals surface area contributed by atoms with E-state index in [0.717, 1.165) is 22.2 Å². The van der Waals surface area contributed by atoms with Gasteiger partial charge >= 0.3 is 6.61 Å². The summed E-state index contributed by atoms with van der Waals surface area (Å²) in [5.41, 5.74) is 2.89. The first-order valence-electron chi connectivity index (χ1n) is 7.98. The van der Waals surface area contributed by atoms with Gasteiger partial charge in [-0.1, -0.05) is 24.3 Å². The van der Waals surface area contributed by atoms with Crippen molar-refractivity contribution < 1.29 is 18.3 Å². The van der Waals surface area contributed by atoms with Gasteiger partial charge in [-0.3, -0.25) is 10.1 Å². The lowest BCUT2D eigenvalue weighted by Crippen LogP contribution is -2.12. The molecule has 0 aliphatic heterocycles. The molecule has 0 aliphatic rings. The zero-order valence-electron chi connectivity index (χ0n) is 13.8. The standard InChI is InChI=1S/C19H13F2N3O2S/c20-18(21)26-12-5-3-4-11(8-12)17(25)24-19-23-16(10-27-19)14-9-22-15-7-2-1-6-13(14)15/h1-10,18,22H,(H,23,24,25). The van der Waals surface area contributed by atoms with Gasteiger partial charge in [0.1, 0.15) is 5.75 Å². The molecule has 0 bridgehead atoms. The average Bonchev–Trinajstić information content (AvgIpc) is 3.28. The number of H-pyrrole nitrogens is 1. The fourth-order valence-corrected chi connectivity index (χ4v) is 3.43. The lowest BCUT2D eigenvalue weighted by molar-refractivity contribution is -0.0498. The zero-order chi connectivity index (χ0) is 18.8. The maximum absolute atomic E-state index is 12.4.